The molecule has 0 bridgehead atoms. The van der Waals surface area contributed by atoms with E-state index in [9.17, 15) is 83.1 Å². The van der Waals surface area contributed by atoms with Gasteiger partial charge >= 0.3 is 47.6 Å². The van der Waals surface area contributed by atoms with Crippen LogP contribution in [0.15, 0.2) is 0 Å². The zero-order valence-corrected chi connectivity index (χ0v) is 15.9. The normalized spacial score (nSPS) is 17.3. The summed E-state index contributed by atoms with van der Waals surface area (Å²) in [5.74, 6) is -58.5. The molecule has 1 N–H and O–H groups in total. The standard InChI is InChI=1S/C12H9F17O3S/c1-2-3-4(33(30,31)32)5(13,14)6(15,16)7(17,18)8(19,20)9(21,22)10(23,24)11(25,26)12(27,28)29/h4H,2-3H2,1H3,(H,30,31,32). The fraction of sp³-hybridized carbons (Fsp3) is 1.00. The molecule has 1 unspecified atom stereocenters. The lowest BCUT2D eigenvalue weighted by molar-refractivity contribution is -0.461. The van der Waals surface area contributed by atoms with E-state index in [2.05, 4.69) is 0 Å². The summed E-state index contributed by atoms with van der Waals surface area (Å²) in [6.45, 7) is 0.660. The average molecular weight is 556 g/mol. The van der Waals surface area contributed by atoms with E-state index < -0.39 is 75.8 Å². The van der Waals surface area contributed by atoms with Crippen LogP contribution in [0.2, 0.25) is 0 Å². The van der Waals surface area contributed by atoms with Gasteiger partial charge < -0.3 is 0 Å². The number of halogens is 17. The molecule has 33 heavy (non-hydrogen) atoms. The molecule has 0 fully saturated rings. The maximum Gasteiger partial charge on any atom is 0.460 e. The van der Waals surface area contributed by atoms with E-state index in [0.717, 1.165) is 0 Å². The summed E-state index contributed by atoms with van der Waals surface area (Å²) in [6, 6.07) is 0. The smallest absolute Gasteiger partial charge is 0.285 e. The van der Waals surface area contributed by atoms with E-state index in [1.165, 1.54) is 0 Å². The van der Waals surface area contributed by atoms with Crippen LogP contribution >= 0.6 is 0 Å². The van der Waals surface area contributed by atoms with Crippen LogP contribution in [0, 0.1) is 0 Å². The molecule has 0 aromatic rings. The van der Waals surface area contributed by atoms with E-state index >= 15 is 0 Å². The van der Waals surface area contributed by atoms with Gasteiger partial charge in [-0.15, -0.1) is 0 Å². The Hall–Kier alpha value is -1.28. The first kappa shape index (κ1) is 31.7. The van der Waals surface area contributed by atoms with E-state index in [1.807, 2.05) is 0 Å². The summed E-state index contributed by atoms with van der Waals surface area (Å²) in [5, 5.41) is -4.46. The lowest BCUT2D eigenvalue weighted by Crippen LogP contribution is -2.75. The number of rotatable bonds is 10. The molecule has 0 aliphatic heterocycles. The van der Waals surface area contributed by atoms with E-state index in [-0.39, 0.29) is 0 Å². The van der Waals surface area contributed by atoms with Gasteiger partial charge in [-0.3, -0.25) is 4.55 Å². The molecule has 200 valence electrons. The highest BCUT2D eigenvalue weighted by Gasteiger charge is 2.95. The number of hydrogen-bond acceptors (Lipinski definition) is 2. The first-order chi connectivity index (χ1) is 13.9. The van der Waals surface area contributed by atoms with Gasteiger partial charge in [-0.1, -0.05) is 13.3 Å². The van der Waals surface area contributed by atoms with Crippen molar-refractivity contribution in [3.05, 3.63) is 0 Å². The molecule has 0 rings (SSSR count). The van der Waals surface area contributed by atoms with Crippen LogP contribution in [0.3, 0.4) is 0 Å². The fourth-order valence-electron chi connectivity index (χ4n) is 2.16. The largest absolute Gasteiger partial charge is 0.460 e. The van der Waals surface area contributed by atoms with Crippen molar-refractivity contribution in [2.75, 3.05) is 0 Å². The highest BCUT2D eigenvalue weighted by molar-refractivity contribution is 7.86. The van der Waals surface area contributed by atoms with Crippen molar-refractivity contribution in [2.45, 2.75) is 72.6 Å². The highest BCUT2D eigenvalue weighted by Crippen LogP contribution is 2.64. The van der Waals surface area contributed by atoms with Crippen molar-refractivity contribution in [1.82, 2.24) is 0 Å². The van der Waals surface area contributed by atoms with Crippen molar-refractivity contribution in [2.24, 2.45) is 0 Å². The van der Waals surface area contributed by atoms with E-state index in [0.29, 0.717) is 6.92 Å². The molecule has 0 spiro atoms. The summed E-state index contributed by atoms with van der Waals surface area (Å²) in [7, 11) is -6.59. The van der Waals surface area contributed by atoms with Gasteiger partial charge in [-0.2, -0.15) is 83.1 Å². The second-order valence-electron chi connectivity index (χ2n) is 6.36. The number of hydrogen-bond donors (Lipinski definition) is 1. The van der Waals surface area contributed by atoms with Gasteiger partial charge in [0, 0.05) is 0 Å². The molecule has 0 heterocycles. The van der Waals surface area contributed by atoms with Gasteiger partial charge in [0.15, 0.2) is 5.25 Å². The predicted octanol–water partition coefficient (Wildman–Crippen LogP) is 6.05. The lowest BCUT2D eigenvalue weighted by Gasteiger charge is -2.43. The van der Waals surface area contributed by atoms with Crippen LogP contribution < -0.4 is 0 Å². The molecular formula is C12H9F17O3S. The molecule has 0 saturated heterocycles. The van der Waals surface area contributed by atoms with Gasteiger partial charge in [0.1, 0.15) is 0 Å². The summed E-state index contributed by atoms with van der Waals surface area (Å²) < 4.78 is 253. The van der Waals surface area contributed by atoms with Crippen molar-refractivity contribution < 1.29 is 87.6 Å². The van der Waals surface area contributed by atoms with Crippen LogP contribution in [-0.4, -0.2) is 65.9 Å². The first-order valence-electron chi connectivity index (χ1n) is 7.62. The molecule has 0 aliphatic carbocycles. The molecule has 0 radical (unpaired) electrons. The zero-order chi connectivity index (χ0) is 27.5. The van der Waals surface area contributed by atoms with Crippen molar-refractivity contribution >= 4 is 10.1 Å². The van der Waals surface area contributed by atoms with Crippen molar-refractivity contribution in [3.63, 3.8) is 0 Å². The van der Waals surface area contributed by atoms with Crippen LogP contribution in [-0.2, 0) is 10.1 Å². The van der Waals surface area contributed by atoms with Gasteiger partial charge in [0.25, 0.3) is 10.1 Å². The Bertz CT molecular complexity index is 814. The predicted molar refractivity (Wildman–Crippen MR) is 70.9 cm³/mol. The first-order valence-corrected chi connectivity index (χ1v) is 9.12. The maximum atomic E-state index is 13.8. The topological polar surface area (TPSA) is 54.4 Å². The van der Waals surface area contributed by atoms with Crippen LogP contribution in [0.1, 0.15) is 19.8 Å². The Morgan fingerprint density at radius 2 is 0.848 bits per heavy atom. The molecular weight excluding hydrogens is 547 g/mol. The third-order valence-corrected chi connectivity index (χ3v) is 5.31. The lowest BCUT2D eigenvalue weighted by atomic mass is 9.87. The molecule has 1 atom stereocenters. The molecule has 0 aromatic heterocycles. The van der Waals surface area contributed by atoms with E-state index in [4.69, 9.17) is 4.55 Å². The summed E-state index contributed by atoms with van der Waals surface area (Å²) in [6.07, 6.45) is -10.8. The summed E-state index contributed by atoms with van der Waals surface area (Å²) >= 11 is 0. The van der Waals surface area contributed by atoms with Crippen molar-refractivity contribution in [1.29, 1.82) is 0 Å². The minimum absolute atomic E-state index is 0.660. The van der Waals surface area contributed by atoms with Gasteiger partial charge in [0.2, 0.25) is 0 Å². The van der Waals surface area contributed by atoms with Crippen LogP contribution in [0.25, 0.3) is 0 Å². The van der Waals surface area contributed by atoms with Crippen LogP contribution in [0.5, 0.6) is 0 Å². The second-order valence-corrected chi connectivity index (χ2v) is 7.96. The average Bonchev–Trinajstić information content (AvgIpc) is 2.56. The maximum absolute atomic E-state index is 13.8. The fourth-order valence-corrected chi connectivity index (χ4v) is 3.21. The second kappa shape index (κ2) is 8.14. The molecule has 3 nitrogen and oxygen atoms in total. The SMILES string of the molecule is CCCC(C(F)(F)C(F)(F)C(F)(F)C(F)(F)C(F)(F)C(F)(F)C(F)(F)C(F)(F)F)S(=O)(=O)O. The van der Waals surface area contributed by atoms with Gasteiger partial charge in [-0.05, 0) is 6.42 Å². The highest BCUT2D eigenvalue weighted by atomic mass is 32.2. The molecule has 0 aliphatic rings. The third kappa shape index (κ3) is 4.30. The molecule has 0 aromatic carbocycles. The van der Waals surface area contributed by atoms with Gasteiger partial charge in [0.05, 0.1) is 0 Å². The molecule has 0 saturated carbocycles. The Kier molecular flexibility index (Phi) is 7.83. The third-order valence-electron chi connectivity index (χ3n) is 4.06. The minimum atomic E-state index is -8.81. The summed E-state index contributed by atoms with van der Waals surface area (Å²) in [4.78, 5) is 0. The van der Waals surface area contributed by atoms with Crippen molar-refractivity contribution in [3.8, 4) is 0 Å². The minimum Gasteiger partial charge on any atom is -0.285 e. The Morgan fingerprint density at radius 1 is 0.576 bits per heavy atom. The van der Waals surface area contributed by atoms with Crippen LogP contribution in [0.4, 0.5) is 74.6 Å². The quantitative estimate of drug-likeness (QED) is 0.263. The number of alkyl halides is 17. The zero-order valence-electron chi connectivity index (χ0n) is 15.1. The van der Waals surface area contributed by atoms with Gasteiger partial charge in [-0.25, -0.2) is 0 Å². The summed E-state index contributed by atoms with van der Waals surface area (Å²) in [5.41, 5.74) is 0. The Morgan fingerprint density at radius 3 is 1.09 bits per heavy atom. The Balaban J connectivity index is 7.00. The molecule has 0 amide bonds. The molecule has 21 heteroatoms. The van der Waals surface area contributed by atoms with E-state index in [1.54, 1.807) is 0 Å². The Labute approximate surface area is 171 Å². The monoisotopic (exact) mass is 556 g/mol.